The van der Waals surface area contributed by atoms with E-state index in [1.165, 1.54) is 0 Å². The van der Waals surface area contributed by atoms with Crippen LogP contribution in [0.1, 0.15) is 27.2 Å². The van der Waals surface area contributed by atoms with Crippen LogP contribution in [0.4, 0.5) is 17.8 Å². The standard InChI is InChI=1S/C12H23N7O/c1-4-12(2,3)17-9-14-10(18-13)16-11(15-9)19-5-7-20-8-6-19/h4-8,13H2,1-3H3,(H2,14,15,16,17,18). The van der Waals surface area contributed by atoms with Crippen molar-refractivity contribution < 1.29 is 4.74 Å². The molecule has 0 aromatic carbocycles. The molecule has 0 atom stereocenters. The van der Waals surface area contributed by atoms with Crippen molar-refractivity contribution in [3.05, 3.63) is 0 Å². The maximum absolute atomic E-state index is 5.44. The lowest BCUT2D eigenvalue weighted by molar-refractivity contribution is 0.122. The number of hydrogen-bond acceptors (Lipinski definition) is 8. The number of nitrogens with one attached hydrogen (secondary N) is 2. The van der Waals surface area contributed by atoms with E-state index in [2.05, 4.69) is 51.4 Å². The van der Waals surface area contributed by atoms with Crippen LogP contribution in [0.15, 0.2) is 0 Å². The number of aromatic nitrogens is 3. The van der Waals surface area contributed by atoms with E-state index in [-0.39, 0.29) is 5.54 Å². The summed E-state index contributed by atoms with van der Waals surface area (Å²) < 4.78 is 5.34. The fourth-order valence-corrected chi connectivity index (χ4v) is 1.78. The molecule has 1 saturated heterocycles. The molecular weight excluding hydrogens is 258 g/mol. The van der Waals surface area contributed by atoms with Gasteiger partial charge in [0.1, 0.15) is 0 Å². The minimum absolute atomic E-state index is 0.0878. The molecule has 0 bridgehead atoms. The molecule has 112 valence electrons. The molecule has 1 aliphatic heterocycles. The maximum Gasteiger partial charge on any atom is 0.243 e. The van der Waals surface area contributed by atoms with E-state index in [0.29, 0.717) is 31.1 Å². The molecule has 0 spiro atoms. The lowest BCUT2D eigenvalue weighted by Crippen LogP contribution is -2.38. The highest BCUT2D eigenvalue weighted by atomic mass is 16.5. The van der Waals surface area contributed by atoms with Crippen molar-refractivity contribution in [1.82, 2.24) is 15.0 Å². The zero-order valence-corrected chi connectivity index (χ0v) is 12.3. The van der Waals surface area contributed by atoms with Gasteiger partial charge in [-0.15, -0.1) is 0 Å². The van der Waals surface area contributed by atoms with Crippen LogP contribution in [-0.4, -0.2) is 46.8 Å². The maximum atomic E-state index is 5.44. The van der Waals surface area contributed by atoms with Gasteiger partial charge >= 0.3 is 0 Å². The van der Waals surface area contributed by atoms with Crippen LogP contribution in [-0.2, 0) is 4.74 Å². The van der Waals surface area contributed by atoms with Crippen molar-refractivity contribution in [3.63, 3.8) is 0 Å². The third-order valence-corrected chi connectivity index (χ3v) is 3.38. The highest BCUT2D eigenvalue weighted by molar-refractivity contribution is 5.44. The van der Waals surface area contributed by atoms with E-state index in [0.717, 1.165) is 19.5 Å². The molecule has 0 amide bonds. The first-order chi connectivity index (χ1) is 9.54. The van der Waals surface area contributed by atoms with Gasteiger partial charge in [0.15, 0.2) is 0 Å². The summed E-state index contributed by atoms with van der Waals surface area (Å²) in [5, 5.41) is 3.31. The van der Waals surface area contributed by atoms with Crippen LogP contribution in [0.3, 0.4) is 0 Å². The van der Waals surface area contributed by atoms with Gasteiger partial charge in [-0.3, -0.25) is 5.43 Å². The Hall–Kier alpha value is -1.67. The summed E-state index contributed by atoms with van der Waals surface area (Å²) >= 11 is 0. The van der Waals surface area contributed by atoms with Gasteiger partial charge in [-0.1, -0.05) is 6.92 Å². The first kappa shape index (κ1) is 14.7. The Labute approximate surface area is 119 Å². The Morgan fingerprint density at radius 3 is 2.45 bits per heavy atom. The Balaban J connectivity index is 2.23. The van der Waals surface area contributed by atoms with Gasteiger partial charge in [0.05, 0.1) is 13.2 Å². The molecule has 0 aliphatic carbocycles. The smallest absolute Gasteiger partial charge is 0.243 e. The number of ether oxygens (including phenoxy) is 1. The van der Waals surface area contributed by atoms with Gasteiger partial charge in [0.2, 0.25) is 17.8 Å². The minimum atomic E-state index is -0.0878. The average Bonchev–Trinajstić information content (AvgIpc) is 2.47. The van der Waals surface area contributed by atoms with Crippen molar-refractivity contribution in [2.45, 2.75) is 32.7 Å². The molecule has 1 aromatic rings. The quantitative estimate of drug-likeness (QED) is 0.532. The van der Waals surface area contributed by atoms with E-state index in [1.807, 2.05) is 0 Å². The number of nitrogens with two attached hydrogens (primary N) is 1. The molecule has 1 fully saturated rings. The number of anilines is 3. The molecule has 0 radical (unpaired) electrons. The molecule has 20 heavy (non-hydrogen) atoms. The molecule has 1 aliphatic rings. The first-order valence-corrected chi connectivity index (χ1v) is 6.87. The van der Waals surface area contributed by atoms with E-state index in [9.17, 15) is 0 Å². The van der Waals surface area contributed by atoms with E-state index in [4.69, 9.17) is 10.6 Å². The van der Waals surface area contributed by atoms with E-state index in [1.54, 1.807) is 0 Å². The molecule has 2 rings (SSSR count). The van der Waals surface area contributed by atoms with E-state index < -0.39 is 0 Å². The van der Waals surface area contributed by atoms with Crippen LogP contribution < -0.4 is 21.5 Å². The normalized spacial score (nSPS) is 16.1. The van der Waals surface area contributed by atoms with E-state index >= 15 is 0 Å². The predicted octanol–water partition coefficient (Wildman–Crippen LogP) is 0.594. The Morgan fingerprint density at radius 1 is 1.20 bits per heavy atom. The highest BCUT2D eigenvalue weighted by Crippen LogP contribution is 2.19. The number of morpholine rings is 1. The SMILES string of the molecule is CCC(C)(C)Nc1nc(NN)nc(N2CCOCC2)n1. The van der Waals surface area contributed by atoms with Gasteiger partial charge in [0, 0.05) is 18.6 Å². The lowest BCUT2D eigenvalue weighted by Gasteiger charge is -2.28. The second kappa shape index (κ2) is 6.19. The summed E-state index contributed by atoms with van der Waals surface area (Å²) in [7, 11) is 0. The minimum Gasteiger partial charge on any atom is -0.378 e. The van der Waals surface area contributed by atoms with Gasteiger partial charge < -0.3 is 15.0 Å². The summed E-state index contributed by atoms with van der Waals surface area (Å²) in [6.07, 6.45) is 0.955. The summed E-state index contributed by atoms with van der Waals surface area (Å²) in [6.45, 7) is 9.20. The largest absolute Gasteiger partial charge is 0.378 e. The molecule has 1 aromatic heterocycles. The van der Waals surface area contributed by atoms with Gasteiger partial charge in [-0.05, 0) is 20.3 Å². The molecular formula is C12H23N7O. The Bertz CT molecular complexity index is 445. The molecule has 8 nitrogen and oxygen atoms in total. The van der Waals surface area contributed by atoms with Crippen molar-refractivity contribution in [1.29, 1.82) is 0 Å². The monoisotopic (exact) mass is 281 g/mol. The van der Waals surface area contributed by atoms with Crippen molar-refractivity contribution in [3.8, 4) is 0 Å². The van der Waals surface area contributed by atoms with Crippen molar-refractivity contribution in [2.75, 3.05) is 41.9 Å². The average molecular weight is 281 g/mol. The summed E-state index contributed by atoms with van der Waals surface area (Å²) in [5.74, 6) is 6.94. The number of rotatable bonds is 5. The second-order valence-electron chi connectivity index (χ2n) is 5.39. The third kappa shape index (κ3) is 3.67. The highest BCUT2D eigenvalue weighted by Gasteiger charge is 2.20. The molecule has 2 heterocycles. The zero-order chi connectivity index (χ0) is 14.6. The molecule has 8 heteroatoms. The number of hydrogen-bond donors (Lipinski definition) is 3. The summed E-state index contributed by atoms with van der Waals surface area (Å²) in [4.78, 5) is 15.1. The summed E-state index contributed by atoms with van der Waals surface area (Å²) in [5.41, 5.74) is 2.40. The number of hydrazine groups is 1. The van der Waals surface area contributed by atoms with Gasteiger partial charge in [-0.25, -0.2) is 5.84 Å². The fraction of sp³-hybridized carbons (Fsp3) is 0.750. The Morgan fingerprint density at radius 2 is 1.85 bits per heavy atom. The van der Waals surface area contributed by atoms with Gasteiger partial charge in [0.25, 0.3) is 0 Å². The zero-order valence-electron chi connectivity index (χ0n) is 12.3. The number of nitrogen functional groups attached to an aromatic ring is 1. The predicted molar refractivity (Wildman–Crippen MR) is 78.7 cm³/mol. The van der Waals surface area contributed by atoms with Crippen molar-refractivity contribution in [2.24, 2.45) is 5.84 Å². The first-order valence-electron chi connectivity index (χ1n) is 6.87. The summed E-state index contributed by atoms with van der Waals surface area (Å²) in [6, 6.07) is 0. The second-order valence-corrected chi connectivity index (χ2v) is 5.39. The van der Waals surface area contributed by atoms with Gasteiger partial charge in [-0.2, -0.15) is 15.0 Å². The van der Waals surface area contributed by atoms with Crippen molar-refractivity contribution >= 4 is 17.8 Å². The molecule has 0 unspecified atom stereocenters. The van der Waals surface area contributed by atoms with Crippen LogP contribution >= 0.6 is 0 Å². The number of nitrogens with zero attached hydrogens (tertiary/aromatic N) is 4. The van der Waals surface area contributed by atoms with Crippen LogP contribution in [0.25, 0.3) is 0 Å². The van der Waals surface area contributed by atoms with Crippen LogP contribution in [0.5, 0.6) is 0 Å². The molecule has 0 saturated carbocycles. The topological polar surface area (TPSA) is 101 Å². The fourth-order valence-electron chi connectivity index (χ4n) is 1.78. The third-order valence-electron chi connectivity index (χ3n) is 3.38. The molecule has 4 N–H and O–H groups in total. The Kier molecular flexibility index (Phi) is 4.56. The van der Waals surface area contributed by atoms with Crippen LogP contribution in [0, 0.1) is 0 Å². The lowest BCUT2D eigenvalue weighted by atomic mass is 10.0. The van der Waals surface area contributed by atoms with Crippen LogP contribution in [0.2, 0.25) is 0 Å².